The molecule has 27 heavy (non-hydrogen) atoms. The third-order valence-corrected chi connectivity index (χ3v) is 4.53. The highest BCUT2D eigenvalue weighted by atomic mass is 19.1. The van der Waals surface area contributed by atoms with Crippen LogP contribution in [0.25, 0.3) is 0 Å². The molecule has 7 heteroatoms. The number of benzene rings is 2. The molecule has 2 amide bonds. The topological polar surface area (TPSA) is 93.4 Å². The van der Waals surface area contributed by atoms with E-state index in [1.165, 1.54) is 6.07 Å². The number of nitrogens with one attached hydrogen (secondary N) is 2. The van der Waals surface area contributed by atoms with Gasteiger partial charge in [-0.2, -0.15) is 0 Å². The minimum Gasteiger partial charge on any atom is -0.497 e. The lowest BCUT2D eigenvalue weighted by Gasteiger charge is -2.26. The summed E-state index contributed by atoms with van der Waals surface area (Å²) in [4.78, 5) is 24.5. The molecule has 2 aromatic rings. The summed E-state index contributed by atoms with van der Waals surface area (Å²) in [5.41, 5.74) is 8.05. The van der Waals surface area contributed by atoms with Gasteiger partial charge in [0.05, 0.1) is 7.11 Å². The molecule has 1 aliphatic heterocycles. The van der Waals surface area contributed by atoms with E-state index >= 15 is 0 Å². The average molecular weight is 371 g/mol. The van der Waals surface area contributed by atoms with Crippen molar-refractivity contribution in [2.24, 2.45) is 5.73 Å². The van der Waals surface area contributed by atoms with Crippen LogP contribution in [-0.4, -0.2) is 31.0 Å². The van der Waals surface area contributed by atoms with Gasteiger partial charge in [-0.05, 0) is 41.8 Å². The molecule has 0 radical (unpaired) electrons. The van der Waals surface area contributed by atoms with Crippen LogP contribution in [-0.2, 0) is 22.4 Å². The molecule has 2 atom stereocenters. The molecule has 0 aromatic heterocycles. The van der Waals surface area contributed by atoms with Crippen LogP contribution >= 0.6 is 0 Å². The first kappa shape index (κ1) is 18.8. The van der Waals surface area contributed by atoms with Crippen molar-refractivity contribution in [2.45, 2.75) is 31.3 Å². The fourth-order valence-corrected chi connectivity index (χ4v) is 3.15. The number of anilines is 1. The Morgan fingerprint density at radius 3 is 2.89 bits per heavy atom. The van der Waals surface area contributed by atoms with Crippen LogP contribution in [0.5, 0.6) is 5.75 Å². The van der Waals surface area contributed by atoms with Crippen molar-refractivity contribution >= 4 is 17.5 Å². The van der Waals surface area contributed by atoms with Gasteiger partial charge in [-0.15, -0.1) is 0 Å². The van der Waals surface area contributed by atoms with Gasteiger partial charge in [0.25, 0.3) is 0 Å². The summed E-state index contributed by atoms with van der Waals surface area (Å²) >= 11 is 0. The quantitative estimate of drug-likeness (QED) is 0.722. The lowest BCUT2D eigenvalue weighted by atomic mass is 9.98. The second kappa shape index (κ2) is 8.18. The largest absolute Gasteiger partial charge is 0.497 e. The molecule has 6 nitrogen and oxygen atoms in total. The fraction of sp³-hybridized carbons (Fsp3) is 0.300. The van der Waals surface area contributed by atoms with E-state index in [1.54, 1.807) is 37.4 Å². The van der Waals surface area contributed by atoms with Gasteiger partial charge in [0, 0.05) is 24.6 Å². The lowest BCUT2D eigenvalue weighted by molar-refractivity contribution is -0.126. The Hall–Kier alpha value is -2.93. The number of fused-ring (bicyclic) bond motifs is 1. The highest BCUT2D eigenvalue weighted by Gasteiger charge is 2.28. The molecule has 0 saturated carbocycles. The number of rotatable bonds is 6. The van der Waals surface area contributed by atoms with Gasteiger partial charge in [-0.3, -0.25) is 9.59 Å². The van der Waals surface area contributed by atoms with Crippen molar-refractivity contribution in [1.29, 1.82) is 0 Å². The maximum Gasteiger partial charge on any atom is 0.247 e. The second-order valence-electron chi connectivity index (χ2n) is 6.60. The van der Waals surface area contributed by atoms with Gasteiger partial charge < -0.3 is 21.1 Å². The molecule has 1 heterocycles. The van der Waals surface area contributed by atoms with Crippen molar-refractivity contribution < 1.29 is 18.7 Å². The Morgan fingerprint density at radius 1 is 1.37 bits per heavy atom. The normalized spacial score (nSPS) is 16.9. The summed E-state index contributed by atoms with van der Waals surface area (Å²) in [7, 11) is 1.57. The number of hydrogen-bond acceptors (Lipinski definition) is 4. The molecule has 3 rings (SSSR count). The number of nitrogens with two attached hydrogens (primary N) is 1. The highest BCUT2D eigenvalue weighted by molar-refractivity contribution is 6.00. The third-order valence-electron chi connectivity index (χ3n) is 4.53. The molecule has 1 aliphatic rings. The maximum atomic E-state index is 13.7. The van der Waals surface area contributed by atoms with E-state index in [9.17, 15) is 14.0 Å². The van der Waals surface area contributed by atoms with Crippen molar-refractivity contribution in [1.82, 2.24) is 5.32 Å². The average Bonchev–Trinajstić information content (AvgIpc) is 2.63. The van der Waals surface area contributed by atoms with E-state index in [1.807, 2.05) is 6.07 Å². The van der Waals surface area contributed by atoms with Crippen LogP contribution in [0.15, 0.2) is 42.5 Å². The molecular formula is C20H22FN3O3. The lowest BCUT2D eigenvalue weighted by Crippen LogP contribution is -2.48. The Kier molecular flexibility index (Phi) is 5.71. The summed E-state index contributed by atoms with van der Waals surface area (Å²) in [5.74, 6) is -0.276. The fourth-order valence-electron chi connectivity index (χ4n) is 3.15. The van der Waals surface area contributed by atoms with Crippen LogP contribution in [0, 0.1) is 5.82 Å². The van der Waals surface area contributed by atoms with Gasteiger partial charge >= 0.3 is 0 Å². The van der Waals surface area contributed by atoms with Crippen LogP contribution in [0.2, 0.25) is 0 Å². The van der Waals surface area contributed by atoms with Gasteiger partial charge in [0.15, 0.2) is 0 Å². The number of carbonyl (C=O) groups excluding carboxylic acids is 2. The molecule has 0 saturated heterocycles. The monoisotopic (exact) mass is 371 g/mol. The third kappa shape index (κ3) is 4.62. The van der Waals surface area contributed by atoms with Crippen molar-refractivity contribution in [2.75, 3.05) is 12.4 Å². The summed E-state index contributed by atoms with van der Waals surface area (Å²) in [6, 6.07) is 10.5. The van der Waals surface area contributed by atoms with E-state index in [0.29, 0.717) is 23.4 Å². The first-order chi connectivity index (χ1) is 13.0. The van der Waals surface area contributed by atoms with Gasteiger partial charge in [-0.1, -0.05) is 18.2 Å². The number of halogens is 1. The summed E-state index contributed by atoms with van der Waals surface area (Å²) in [5, 5.41) is 5.49. The Morgan fingerprint density at radius 2 is 2.15 bits per heavy atom. The smallest absolute Gasteiger partial charge is 0.247 e. The highest BCUT2D eigenvalue weighted by Crippen LogP contribution is 2.26. The van der Waals surface area contributed by atoms with E-state index in [4.69, 9.17) is 10.5 Å². The molecule has 4 N–H and O–H groups in total. The van der Waals surface area contributed by atoms with E-state index in [0.717, 1.165) is 5.56 Å². The molecule has 2 unspecified atom stereocenters. The Labute approximate surface area is 156 Å². The van der Waals surface area contributed by atoms with E-state index in [2.05, 4.69) is 10.6 Å². The zero-order valence-corrected chi connectivity index (χ0v) is 15.0. The summed E-state index contributed by atoms with van der Waals surface area (Å²) in [6.07, 6.45) is 0.618. The zero-order valence-electron chi connectivity index (χ0n) is 15.0. The van der Waals surface area contributed by atoms with Crippen LogP contribution in [0.3, 0.4) is 0 Å². The van der Waals surface area contributed by atoms with Gasteiger partial charge in [0.2, 0.25) is 11.8 Å². The van der Waals surface area contributed by atoms with E-state index in [-0.39, 0.29) is 30.5 Å². The Bertz CT molecular complexity index is 856. The number of amides is 2. The van der Waals surface area contributed by atoms with E-state index < -0.39 is 12.1 Å². The molecule has 0 aliphatic carbocycles. The summed E-state index contributed by atoms with van der Waals surface area (Å²) in [6.45, 7) is 0. The maximum absolute atomic E-state index is 13.7. The van der Waals surface area contributed by atoms with Crippen molar-refractivity contribution in [3.63, 3.8) is 0 Å². The number of ether oxygens (including phenoxy) is 1. The molecular weight excluding hydrogens is 349 g/mol. The predicted octanol–water partition coefficient (Wildman–Crippen LogP) is 1.77. The Balaban J connectivity index is 1.58. The minimum absolute atomic E-state index is 0.00306. The van der Waals surface area contributed by atoms with Gasteiger partial charge in [-0.25, -0.2) is 4.39 Å². The number of methoxy groups -OCH3 is 1. The molecule has 0 spiro atoms. The van der Waals surface area contributed by atoms with Gasteiger partial charge in [0.1, 0.15) is 17.6 Å². The van der Waals surface area contributed by atoms with Crippen molar-refractivity contribution in [3.8, 4) is 5.75 Å². The predicted molar refractivity (Wildman–Crippen MR) is 100.0 cm³/mol. The molecule has 2 aromatic carbocycles. The first-order valence-electron chi connectivity index (χ1n) is 8.72. The second-order valence-corrected chi connectivity index (χ2v) is 6.60. The van der Waals surface area contributed by atoms with Crippen LogP contribution in [0.4, 0.5) is 10.1 Å². The zero-order chi connectivity index (χ0) is 19.4. The molecule has 0 fully saturated rings. The molecule has 142 valence electrons. The van der Waals surface area contributed by atoms with Crippen LogP contribution in [0.1, 0.15) is 17.5 Å². The standard InChI is InChI=1S/C20H22FN3O3/c1-27-15-6-7-17-13(9-15)10-18(20(26)24-17)23-19(25)11-14(22)8-12-4-2-3-5-16(12)21/h2-7,9,14,18H,8,10-11,22H2,1H3,(H,23,25)(H,24,26). The SMILES string of the molecule is COc1ccc2c(c1)CC(NC(=O)CC(N)Cc1ccccc1F)C(=O)N2. The summed E-state index contributed by atoms with van der Waals surface area (Å²) < 4.78 is 18.9. The first-order valence-corrected chi connectivity index (χ1v) is 8.72. The van der Waals surface area contributed by atoms with Crippen LogP contribution < -0.4 is 21.1 Å². The van der Waals surface area contributed by atoms with Crippen molar-refractivity contribution in [3.05, 3.63) is 59.4 Å². The molecule has 0 bridgehead atoms. The number of carbonyl (C=O) groups is 2. The minimum atomic E-state index is -0.683. The number of hydrogen-bond donors (Lipinski definition) is 3.